The minimum absolute atomic E-state index is 0.000839. The van der Waals surface area contributed by atoms with Crippen LogP contribution in [-0.2, 0) is 21.3 Å². The molecule has 0 radical (unpaired) electrons. The molecular weight excluding hydrogens is 306 g/mol. The van der Waals surface area contributed by atoms with Gasteiger partial charge in [0.25, 0.3) is 10.0 Å². The van der Waals surface area contributed by atoms with Crippen molar-refractivity contribution in [3.63, 3.8) is 0 Å². The Kier molecular flexibility index (Phi) is 4.11. The fraction of sp³-hybridized carbons (Fsp3) is 0.333. The number of aromatic amines is 1. The number of ether oxygens (including phenoxy) is 1. The average molecular weight is 317 g/mol. The third-order valence-electron chi connectivity index (χ3n) is 2.40. The number of carbonyl (C=O) groups is 1. The van der Waals surface area contributed by atoms with Crippen molar-refractivity contribution in [2.45, 2.75) is 10.8 Å². The smallest absolute Gasteiger partial charge is 0.358 e. The van der Waals surface area contributed by atoms with Crippen LogP contribution in [0.4, 0.5) is 0 Å². The molecule has 2 aromatic heterocycles. The normalized spacial score (nSPS) is 11.8. The number of sulfonamides is 1. The Hall–Kier alpha value is -1.85. The fourth-order valence-corrected chi connectivity index (χ4v) is 3.85. The van der Waals surface area contributed by atoms with Gasteiger partial charge in [-0.2, -0.15) is 9.40 Å². The fourth-order valence-electron chi connectivity index (χ4n) is 1.40. The Morgan fingerprint density at radius 2 is 2.25 bits per heavy atom. The molecule has 0 aliphatic rings. The van der Waals surface area contributed by atoms with Gasteiger partial charge in [-0.25, -0.2) is 23.2 Å². The maximum absolute atomic E-state index is 12.4. The zero-order valence-corrected chi connectivity index (χ0v) is 12.2. The van der Waals surface area contributed by atoms with Gasteiger partial charge in [-0.05, 0) is 0 Å². The molecule has 2 heterocycles. The lowest BCUT2D eigenvalue weighted by Crippen LogP contribution is -2.27. The number of nitrogens with zero attached hydrogens (tertiary/aromatic N) is 4. The van der Waals surface area contributed by atoms with Crippen LogP contribution in [-0.4, -0.2) is 53.0 Å². The molecule has 9 nitrogen and oxygen atoms in total. The summed E-state index contributed by atoms with van der Waals surface area (Å²) in [4.78, 5) is 19.1. The molecule has 0 unspecified atom stereocenters. The molecule has 0 saturated carbocycles. The highest BCUT2D eigenvalue weighted by atomic mass is 32.2. The Bertz CT molecular complexity index is 694. The number of H-pyrrole nitrogens is 1. The first-order valence-corrected chi connectivity index (χ1v) is 7.61. The molecule has 0 saturated heterocycles. The first kappa shape index (κ1) is 14.6. The molecule has 0 fully saturated rings. The predicted molar refractivity (Wildman–Crippen MR) is 68.5 cm³/mol. The van der Waals surface area contributed by atoms with Crippen LogP contribution in [0.5, 0.6) is 0 Å². The monoisotopic (exact) mass is 317 g/mol. The first-order valence-electron chi connectivity index (χ1n) is 5.29. The van der Waals surface area contributed by atoms with E-state index < -0.39 is 16.0 Å². The number of nitrogens with one attached hydrogen (secondary N) is 1. The number of esters is 1. The minimum Gasteiger partial charge on any atom is -0.464 e. The lowest BCUT2D eigenvalue weighted by atomic mass is 10.5. The van der Waals surface area contributed by atoms with E-state index >= 15 is 0 Å². The zero-order chi connectivity index (χ0) is 14.8. The van der Waals surface area contributed by atoms with Gasteiger partial charge in [-0.3, -0.25) is 5.10 Å². The number of hydrogen-bond donors (Lipinski definition) is 1. The van der Waals surface area contributed by atoms with Crippen molar-refractivity contribution >= 4 is 27.3 Å². The Morgan fingerprint density at radius 3 is 2.85 bits per heavy atom. The molecule has 2 aromatic rings. The van der Waals surface area contributed by atoms with Crippen molar-refractivity contribution in [3.8, 4) is 0 Å². The van der Waals surface area contributed by atoms with E-state index in [4.69, 9.17) is 0 Å². The third-order valence-corrected chi connectivity index (χ3v) is 5.55. The average Bonchev–Trinajstić information content (AvgIpc) is 3.08. The summed E-state index contributed by atoms with van der Waals surface area (Å²) >= 11 is 0.853. The number of aromatic nitrogens is 4. The molecule has 0 amide bonds. The quantitative estimate of drug-likeness (QED) is 0.763. The number of thiazole rings is 1. The zero-order valence-electron chi connectivity index (χ0n) is 10.6. The summed E-state index contributed by atoms with van der Waals surface area (Å²) in [6.07, 6.45) is 1.28. The molecule has 20 heavy (non-hydrogen) atoms. The second kappa shape index (κ2) is 5.64. The lowest BCUT2D eigenvalue weighted by Gasteiger charge is -2.14. The van der Waals surface area contributed by atoms with Gasteiger partial charge in [0.05, 0.1) is 19.2 Å². The summed E-state index contributed by atoms with van der Waals surface area (Å²) in [6.45, 7) is 0.000839. The summed E-state index contributed by atoms with van der Waals surface area (Å²) in [6, 6.07) is 0. The van der Waals surface area contributed by atoms with Crippen molar-refractivity contribution in [3.05, 3.63) is 23.4 Å². The molecule has 0 atom stereocenters. The number of methoxy groups -OCH3 is 1. The summed E-state index contributed by atoms with van der Waals surface area (Å²) in [5, 5.41) is 6.20. The van der Waals surface area contributed by atoms with E-state index in [1.165, 1.54) is 18.9 Å². The summed E-state index contributed by atoms with van der Waals surface area (Å²) < 4.78 is 30.2. The summed E-state index contributed by atoms with van der Waals surface area (Å²) in [5.74, 6) is -0.405. The molecule has 108 valence electrons. The Morgan fingerprint density at radius 1 is 1.50 bits per heavy atom. The van der Waals surface area contributed by atoms with Crippen molar-refractivity contribution in [2.75, 3.05) is 14.2 Å². The molecule has 0 aromatic carbocycles. The number of carbonyl (C=O) groups excluding carboxylic acids is 1. The summed E-state index contributed by atoms with van der Waals surface area (Å²) in [5.41, 5.74) is 1.06. The first-order chi connectivity index (χ1) is 9.46. The van der Waals surface area contributed by atoms with Crippen LogP contribution < -0.4 is 0 Å². The lowest BCUT2D eigenvalue weighted by molar-refractivity contribution is 0.0590. The predicted octanol–water partition coefficient (Wildman–Crippen LogP) is -0.131. The minimum atomic E-state index is -3.86. The van der Waals surface area contributed by atoms with Crippen LogP contribution in [0.15, 0.2) is 16.0 Å². The highest BCUT2D eigenvalue weighted by molar-refractivity contribution is 7.91. The van der Waals surface area contributed by atoms with Gasteiger partial charge in [-0.15, -0.1) is 11.3 Å². The van der Waals surface area contributed by atoms with Crippen LogP contribution >= 0.6 is 11.3 Å². The Balaban J connectivity index is 2.30. The van der Waals surface area contributed by atoms with Crippen LogP contribution in [0.3, 0.4) is 0 Å². The van der Waals surface area contributed by atoms with Gasteiger partial charge in [-0.1, -0.05) is 0 Å². The molecule has 11 heteroatoms. The second-order valence-electron chi connectivity index (χ2n) is 3.67. The van der Waals surface area contributed by atoms with E-state index in [-0.39, 0.29) is 16.4 Å². The van der Waals surface area contributed by atoms with Crippen molar-refractivity contribution in [1.82, 2.24) is 24.5 Å². The standard InChI is InChI=1S/C9H11N5O4S2/c1-14(3-6-10-4-12-13-6)20(16,17)9-7(8(15)18-2)11-5-19-9/h4-5H,3H2,1-2H3,(H,10,12,13). The highest BCUT2D eigenvalue weighted by Crippen LogP contribution is 2.24. The van der Waals surface area contributed by atoms with Gasteiger partial charge in [0, 0.05) is 7.05 Å². The van der Waals surface area contributed by atoms with Gasteiger partial charge in [0.15, 0.2) is 9.90 Å². The van der Waals surface area contributed by atoms with Gasteiger partial charge in [0.1, 0.15) is 12.2 Å². The SMILES string of the molecule is COC(=O)c1ncsc1S(=O)(=O)N(C)Cc1ncn[nH]1. The van der Waals surface area contributed by atoms with E-state index in [1.54, 1.807) is 0 Å². The van der Waals surface area contributed by atoms with Crippen LogP contribution in [0, 0.1) is 0 Å². The molecule has 1 N–H and O–H groups in total. The van der Waals surface area contributed by atoms with E-state index in [1.807, 2.05) is 0 Å². The molecule has 0 aliphatic carbocycles. The molecular formula is C9H11N5O4S2. The van der Waals surface area contributed by atoms with Crippen molar-refractivity contribution in [2.24, 2.45) is 0 Å². The maximum Gasteiger partial charge on any atom is 0.358 e. The van der Waals surface area contributed by atoms with E-state index in [0.717, 1.165) is 22.8 Å². The number of rotatable bonds is 5. The molecule has 0 spiro atoms. The molecule has 0 bridgehead atoms. The van der Waals surface area contributed by atoms with Crippen LogP contribution in [0.25, 0.3) is 0 Å². The Labute approximate surface area is 118 Å². The number of hydrogen-bond acceptors (Lipinski definition) is 8. The van der Waals surface area contributed by atoms with Crippen LogP contribution in [0.2, 0.25) is 0 Å². The highest BCUT2D eigenvalue weighted by Gasteiger charge is 2.30. The molecule has 0 aliphatic heterocycles. The molecule has 2 rings (SSSR count). The van der Waals surface area contributed by atoms with E-state index in [9.17, 15) is 13.2 Å². The summed E-state index contributed by atoms with van der Waals surface area (Å²) in [7, 11) is -1.32. The van der Waals surface area contributed by atoms with E-state index in [2.05, 4.69) is 24.9 Å². The second-order valence-corrected chi connectivity index (χ2v) is 6.77. The van der Waals surface area contributed by atoms with Crippen LogP contribution in [0.1, 0.15) is 16.3 Å². The topological polar surface area (TPSA) is 118 Å². The largest absolute Gasteiger partial charge is 0.464 e. The van der Waals surface area contributed by atoms with Crippen molar-refractivity contribution in [1.29, 1.82) is 0 Å². The maximum atomic E-state index is 12.4. The third kappa shape index (κ3) is 2.69. The van der Waals surface area contributed by atoms with Gasteiger partial charge in [0.2, 0.25) is 0 Å². The van der Waals surface area contributed by atoms with Crippen molar-refractivity contribution < 1.29 is 17.9 Å². The van der Waals surface area contributed by atoms with Gasteiger partial charge < -0.3 is 4.74 Å². The van der Waals surface area contributed by atoms with E-state index in [0.29, 0.717) is 5.82 Å². The van der Waals surface area contributed by atoms with Gasteiger partial charge >= 0.3 is 5.97 Å².